The molecule has 212 valence electrons. The second-order valence-corrected chi connectivity index (χ2v) is 10.9. The number of rotatable bonds is 5. The molecular formula is C28H37F3N6O2. The number of aromatic nitrogens is 1. The quantitative estimate of drug-likeness (QED) is 0.569. The number of carbonyl (C=O) groups excluding carboxylic acids is 1. The molecule has 8 nitrogen and oxygen atoms in total. The molecule has 2 amide bonds. The fourth-order valence-corrected chi connectivity index (χ4v) is 5.72. The first-order valence-electron chi connectivity index (χ1n) is 13.7. The molecule has 0 bridgehead atoms. The number of hydrogen-bond donors (Lipinski definition) is 2. The van der Waals surface area contributed by atoms with Gasteiger partial charge in [0.2, 0.25) is 0 Å². The number of benzene rings is 1. The van der Waals surface area contributed by atoms with Crippen molar-refractivity contribution in [2.75, 3.05) is 67.6 Å². The minimum atomic E-state index is -4.22. The highest BCUT2D eigenvalue weighted by Gasteiger charge is 2.36. The van der Waals surface area contributed by atoms with Crippen LogP contribution >= 0.6 is 0 Å². The van der Waals surface area contributed by atoms with Gasteiger partial charge in [-0.3, -0.25) is 0 Å². The standard InChI is InChI=1S/C28H37F3N6O2/c1-19-4-5-23(33-27(38)37-8-6-20(17-37)16-28(29,30)31)15-24(19)21-13-25(35-9-11-39-12-10-35)34-26(14-21)36-7-2-3-22(32)18-36/h4-5,13-15,20,22H,2-3,6-12,16-18,32H2,1H3,(H,33,38)/t20?,22-/m1/s1. The topological polar surface area (TPSA) is 87.0 Å². The minimum absolute atomic E-state index is 0.109. The van der Waals surface area contributed by atoms with Gasteiger partial charge in [0.25, 0.3) is 0 Å². The Balaban J connectivity index is 1.39. The van der Waals surface area contributed by atoms with E-state index in [1.165, 1.54) is 4.90 Å². The average molecular weight is 547 g/mol. The summed E-state index contributed by atoms with van der Waals surface area (Å²) in [4.78, 5) is 23.8. The lowest BCUT2D eigenvalue weighted by Crippen LogP contribution is -2.43. The van der Waals surface area contributed by atoms with Crippen LogP contribution in [0.2, 0.25) is 0 Å². The smallest absolute Gasteiger partial charge is 0.378 e. The number of urea groups is 1. The van der Waals surface area contributed by atoms with Crippen molar-refractivity contribution in [2.45, 2.75) is 44.8 Å². The number of carbonyl (C=O) groups is 1. The Morgan fingerprint density at radius 2 is 1.79 bits per heavy atom. The zero-order valence-electron chi connectivity index (χ0n) is 22.3. The summed E-state index contributed by atoms with van der Waals surface area (Å²) in [6.07, 6.45) is -2.70. The third-order valence-electron chi connectivity index (χ3n) is 7.81. The Kier molecular flexibility index (Phi) is 8.18. The van der Waals surface area contributed by atoms with Gasteiger partial charge in [0.1, 0.15) is 11.6 Å². The summed E-state index contributed by atoms with van der Waals surface area (Å²) in [5.41, 5.74) is 9.87. The van der Waals surface area contributed by atoms with Gasteiger partial charge in [-0.2, -0.15) is 13.2 Å². The van der Waals surface area contributed by atoms with E-state index in [0.29, 0.717) is 31.9 Å². The maximum absolute atomic E-state index is 12.9. The first kappa shape index (κ1) is 27.5. The van der Waals surface area contributed by atoms with Crippen LogP contribution in [-0.4, -0.2) is 80.6 Å². The van der Waals surface area contributed by atoms with Crippen molar-refractivity contribution in [3.8, 4) is 11.1 Å². The van der Waals surface area contributed by atoms with Gasteiger partial charge >= 0.3 is 12.2 Å². The van der Waals surface area contributed by atoms with Gasteiger partial charge in [0, 0.05) is 57.4 Å². The Morgan fingerprint density at radius 1 is 1.05 bits per heavy atom. The maximum atomic E-state index is 12.9. The molecule has 1 unspecified atom stereocenters. The summed E-state index contributed by atoms with van der Waals surface area (Å²) < 4.78 is 43.9. The van der Waals surface area contributed by atoms with E-state index < -0.39 is 18.5 Å². The largest absolute Gasteiger partial charge is 0.389 e. The van der Waals surface area contributed by atoms with Crippen LogP contribution < -0.4 is 20.9 Å². The second kappa shape index (κ2) is 11.6. The molecule has 3 saturated heterocycles. The number of ether oxygens (including phenoxy) is 1. The van der Waals surface area contributed by atoms with Gasteiger partial charge in [-0.1, -0.05) is 6.07 Å². The first-order chi connectivity index (χ1) is 18.6. The van der Waals surface area contributed by atoms with Gasteiger partial charge in [0.15, 0.2) is 0 Å². The molecule has 4 heterocycles. The molecular weight excluding hydrogens is 509 g/mol. The molecule has 0 radical (unpaired) electrons. The van der Waals surface area contributed by atoms with E-state index in [0.717, 1.165) is 67.3 Å². The SMILES string of the molecule is Cc1ccc(NC(=O)N2CCC(CC(F)(F)F)C2)cc1-c1cc(N2CCOCC2)nc(N2CCC[C@@H](N)C2)c1. The van der Waals surface area contributed by atoms with Gasteiger partial charge < -0.3 is 30.5 Å². The molecule has 3 aliphatic rings. The molecule has 3 aliphatic heterocycles. The highest BCUT2D eigenvalue weighted by Crippen LogP contribution is 2.34. The van der Waals surface area contributed by atoms with Crippen LogP contribution in [0.4, 0.5) is 35.3 Å². The number of anilines is 3. The lowest BCUT2D eigenvalue weighted by molar-refractivity contribution is -0.143. The molecule has 5 rings (SSSR count). The number of nitrogens with zero attached hydrogens (tertiary/aromatic N) is 4. The number of amides is 2. The van der Waals surface area contributed by atoms with E-state index in [-0.39, 0.29) is 18.6 Å². The molecule has 11 heteroatoms. The molecule has 3 N–H and O–H groups in total. The number of piperidine rings is 1. The van der Waals surface area contributed by atoms with E-state index in [9.17, 15) is 18.0 Å². The van der Waals surface area contributed by atoms with Crippen LogP contribution in [0.3, 0.4) is 0 Å². The molecule has 2 atom stereocenters. The molecule has 3 fully saturated rings. The van der Waals surface area contributed by atoms with Crippen LogP contribution in [0.25, 0.3) is 11.1 Å². The predicted octanol–water partition coefficient (Wildman–Crippen LogP) is 4.63. The van der Waals surface area contributed by atoms with Crippen LogP contribution in [0.5, 0.6) is 0 Å². The van der Waals surface area contributed by atoms with E-state index in [1.807, 2.05) is 25.1 Å². The van der Waals surface area contributed by atoms with Crippen molar-refractivity contribution in [3.05, 3.63) is 35.9 Å². The van der Waals surface area contributed by atoms with Crippen LogP contribution in [0.15, 0.2) is 30.3 Å². The van der Waals surface area contributed by atoms with Gasteiger partial charge in [-0.15, -0.1) is 0 Å². The predicted molar refractivity (Wildman–Crippen MR) is 146 cm³/mol. The highest BCUT2D eigenvalue weighted by atomic mass is 19.4. The van der Waals surface area contributed by atoms with E-state index >= 15 is 0 Å². The van der Waals surface area contributed by atoms with Crippen molar-refractivity contribution in [1.29, 1.82) is 0 Å². The maximum Gasteiger partial charge on any atom is 0.389 e. The number of morpholine rings is 1. The van der Waals surface area contributed by atoms with Crippen molar-refractivity contribution in [2.24, 2.45) is 11.7 Å². The number of halogens is 3. The van der Waals surface area contributed by atoms with Crippen molar-refractivity contribution < 1.29 is 22.7 Å². The monoisotopic (exact) mass is 546 g/mol. The van der Waals surface area contributed by atoms with Crippen LogP contribution in [0, 0.1) is 12.8 Å². The Labute approximate surface area is 227 Å². The molecule has 2 aromatic rings. The summed E-state index contributed by atoms with van der Waals surface area (Å²) in [6, 6.07) is 9.61. The molecule has 0 aliphatic carbocycles. The number of nitrogens with two attached hydrogens (primary N) is 1. The number of likely N-dealkylation sites (tertiary alicyclic amines) is 1. The zero-order chi connectivity index (χ0) is 27.6. The van der Waals surface area contributed by atoms with Crippen LogP contribution in [0.1, 0.15) is 31.2 Å². The third-order valence-corrected chi connectivity index (χ3v) is 7.81. The van der Waals surface area contributed by atoms with E-state index in [2.05, 4.69) is 27.2 Å². The summed E-state index contributed by atoms with van der Waals surface area (Å²) >= 11 is 0. The zero-order valence-corrected chi connectivity index (χ0v) is 22.3. The number of nitrogens with one attached hydrogen (secondary N) is 1. The minimum Gasteiger partial charge on any atom is -0.378 e. The Hall–Kier alpha value is -3.05. The van der Waals surface area contributed by atoms with Crippen molar-refractivity contribution in [3.63, 3.8) is 0 Å². The van der Waals surface area contributed by atoms with Gasteiger partial charge in [-0.25, -0.2) is 9.78 Å². The first-order valence-corrected chi connectivity index (χ1v) is 13.7. The molecule has 1 aromatic carbocycles. The Morgan fingerprint density at radius 3 is 2.51 bits per heavy atom. The number of pyridine rings is 1. The molecule has 1 aromatic heterocycles. The summed E-state index contributed by atoms with van der Waals surface area (Å²) in [5.74, 6) is 1.21. The number of alkyl halides is 3. The molecule has 0 saturated carbocycles. The third kappa shape index (κ3) is 6.94. The fourth-order valence-electron chi connectivity index (χ4n) is 5.72. The lowest BCUT2D eigenvalue weighted by atomic mass is 9.99. The van der Waals surface area contributed by atoms with Gasteiger partial charge in [0.05, 0.1) is 13.2 Å². The average Bonchev–Trinajstić information content (AvgIpc) is 3.37. The number of hydrogen-bond acceptors (Lipinski definition) is 6. The Bertz CT molecular complexity index is 1170. The fraction of sp³-hybridized carbons (Fsp3) is 0.571. The summed E-state index contributed by atoms with van der Waals surface area (Å²) in [5, 5.41) is 2.90. The lowest BCUT2D eigenvalue weighted by Gasteiger charge is -2.34. The van der Waals surface area contributed by atoms with Crippen LogP contribution in [-0.2, 0) is 4.74 Å². The van der Waals surface area contributed by atoms with Gasteiger partial charge in [-0.05, 0) is 73.1 Å². The van der Waals surface area contributed by atoms with E-state index in [4.69, 9.17) is 15.5 Å². The van der Waals surface area contributed by atoms with E-state index in [1.54, 1.807) is 0 Å². The van der Waals surface area contributed by atoms with Crippen molar-refractivity contribution in [1.82, 2.24) is 9.88 Å². The van der Waals surface area contributed by atoms with Crippen molar-refractivity contribution >= 4 is 23.4 Å². The number of aryl methyl sites for hydroxylation is 1. The molecule has 39 heavy (non-hydrogen) atoms. The normalized spacial score (nSPS) is 22.3. The highest BCUT2D eigenvalue weighted by molar-refractivity contribution is 5.91. The summed E-state index contributed by atoms with van der Waals surface area (Å²) in [6.45, 7) is 6.91. The second-order valence-electron chi connectivity index (χ2n) is 10.9. The molecule has 0 spiro atoms. The summed E-state index contributed by atoms with van der Waals surface area (Å²) in [7, 11) is 0.